The molecule has 0 aromatic rings. The molecule has 11 heavy (non-hydrogen) atoms. The molecule has 64 valence electrons. The van der Waals surface area contributed by atoms with E-state index in [9.17, 15) is 0 Å². The number of hydrogen-bond acceptors (Lipinski definition) is 2. The summed E-state index contributed by atoms with van der Waals surface area (Å²) in [6.45, 7) is 1.23. The number of ether oxygens (including phenoxy) is 1. The van der Waals surface area contributed by atoms with Gasteiger partial charge in [0, 0.05) is 13.2 Å². The van der Waals surface area contributed by atoms with Crippen molar-refractivity contribution in [2.45, 2.75) is 37.8 Å². The summed E-state index contributed by atoms with van der Waals surface area (Å²) in [6, 6.07) is 0.821. The van der Waals surface area contributed by atoms with Gasteiger partial charge < -0.3 is 10.1 Å². The number of hydrogen-bond donors (Lipinski definition) is 1. The molecular formula is C9H17NO. The van der Waals surface area contributed by atoms with Gasteiger partial charge in [-0.1, -0.05) is 0 Å². The fourth-order valence-corrected chi connectivity index (χ4v) is 2.48. The van der Waals surface area contributed by atoms with Crippen LogP contribution in [0, 0.1) is 5.92 Å². The highest BCUT2D eigenvalue weighted by atomic mass is 16.5. The Bertz CT molecular complexity index is 138. The van der Waals surface area contributed by atoms with E-state index < -0.39 is 0 Å². The van der Waals surface area contributed by atoms with Crippen LogP contribution in [0.3, 0.4) is 0 Å². The quantitative estimate of drug-likeness (QED) is 0.613. The lowest BCUT2D eigenvalue weighted by Gasteiger charge is -2.30. The van der Waals surface area contributed by atoms with E-state index in [0.29, 0.717) is 6.10 Å². The first-order chi connectivity index (χ1) is 5.40. The zero-order valence-electron chi connectivity index (χ0n) is 7.18. The Balaban J connectivity index is 1.91. The van der Waals surface area contributed by atoms with Crippen LogP contribution in [-0.2, 0) is 4.74 Å². The van der Waals surface area contributed by atoms with Gasteiger partial charge in [0.05, 0.1) is 6.10 Å². The molecule has 0 aromatic heterocycles. The second-order valence-corrected chi connectivity index (χ2v) is 3.78. The fourth-order valence-electron chi connectivity index (χ4n) is 2.48. The van der Waals surface area contributed by atoms with E-state index in [-0.39, 0.29) is 0 Å². The molecule has 0 unspecified atom stereocenters. The lowest BCUT2D eigenvalue weighted by molar-refractivity contribution is 0.0469. The Kier molecular flexibility index (Phi) is 2.14. The van der Waals surface area contributed by atoms with Gasteiger partial charge in [-0.2, -0.15) is 0 Å². The molecule has 2 nitrogen and oxygen atoms in total. The average Bonchev–Trinajstić information content (AvgIpc) is 2.50. The number of nitrogens with one attached hydrogen (secondary N) is 1. The van der Waals surface area contributed by atoms with Crippen molar-refractivity contribution in [1.29, 1.82) is 0 Å². The molecule has 1 aliphatic heterocycles. The van der Waals surface area contributed by atoms with Gasteiger partial charge in [-0.25, -0.2) is 0 Å². The summed E-state index contributed by atoms with van der Waals surface area (Å²) in [5, 5.41) is 3.55. The van der Waals surface area contributed by atoms with Gasteiger partial charge in [-0.15, -0.1) is 0 Å². The summed E-state index contributed by atoms with van der Waals surface area (Å²) < 4.78 is 5.37. The van der Waals surface area contributed by atoms with Crippen LogP contribution in [0.1, 0.15) is 25.7 Å². The van der Waals surface area contributed by atoms with E-state index in [1.165, 1.54) is 32.2 Å². The Labute approximate surface area is 68.3 Å². The summed E-state index contributed by atoms with van der Waals surface area (Å²) in [5.74, 6) is 0.911. The third kappa shape index (κ3) is 1.42. The molecule has 1 saturated carbocycles. The largest absolute Gasteiger partial charge is 0.381 e. The molecule has 1 N–H and O–H groups in total. The van der Waals surface area contributed by atoms with Crippen molar-refractivity contribution >= 4 is 0 Å². The minimum atomic E-state index is 0.552. The van der Waals surface area contributed by atoms with E-state index in [2.05, 4.69) is 5.32 Å². The maximum absolute atomic E-state index is 5.37. The van der Waals surface area contributed by atoms with Gasteiger partial charge in [0.1, 0.15) is 0 Å². The molecule has 0 amide bonds. The molecule has 1 heterocycles. The summed E-state index contributed by atoms with van der Waals surface area (Å²) in [7, 11) is 1.84. The molecule has 1 aliphatic carbocycles. The third-order valence-corrected chi connectivity index (χ3v) is 3.19. The van der Waals surface area contributed by atoms with Gasteiger partial charge >= 0.3 is 0 Å². The van der Waals surface area contributed by atoms with Gasteiger partial charge in [0.25, 0.3) is 0 Å². The fraction of sp³-hybridized carbons (Fsp3) is 1.00. The van der Waals surface area contributed by atoms with Crippen molar-refractivity contribution in [3.63, 3.8) is 0 Å². The van der Waals surface area contributed by atoms with Crippen LogP contribution in [-0.4, -0.2) is 25.8 Å². The molecule has 2 rings (SSSR count). The van der Waals surface area contributed by atoms with Crippen LogP contribution < -0.4 is 5.32 Å². The zero-order valence-corrected chi connectivity index (χ0v) is 7.18. The molecule has 2 heteroatoms. The molecule has 2 fully saturated rings. The molecular weight excluding hydrogens is 138 g/mol. The smallest absolute Gasteiger partial charge is 0.0575 e. The van der Waals surface area contributed by atoms with Crippen LogP contribution in [0.15, 0.2) is 0 Å². The van der Waals surface area contributed by atoms with Gasteiger partial charge in [0.15, 0.2) is 0 Å². The van der Waals surface area contributed by atoms with E-state index in [1.807, 2.05) is 7.11 Å². The lowest BCUT2D eigenvalue weighted by Crippen LogP contribution is -2.35. The lowest BCUT2D eigenvalue weighted by atomic mass is 9.84. The summed E-state index contributed by atoms with van der Waals surface area (Å²) in [5.41, 5.74) is 0. The van der Waals surface area contributed by atoms with Crippen molar-refractivity contribution in [3.8, 4) is 0 Å². The van der Waals surface area contributed by atoms with E-state index in [0.717, 1.165) is 12.0 Å². The maximum atomic E-state index is 5.37. The van der Waals surface area contributed by atoms with E-state index >= 15 is 0 Å². The SMILES string of the molecule is CO[C@@H]1CC[C@@H]2NCC[C@H]2C1. The van der Waals surface area contributed by atoms with Gasteiger partial charge in [-0.05, 0) is 38.1 Å². The van der Waals surface area contributed by atoms with Crippen molar-refractivity contribution in [1.82, 2.24) is 5.32 Å². The Morgan fingerprint density at radius 1 is 1.27 bits per heavy atom. The summed E-state index contributed by atoms with van der Waals surface area (Å²) >= 11 is 0. The summed E-state index contributed by atoms with van der Waals surface area (Å²) in [4.78, 5) is 0. The maximum Gasteiger partial charge on any atom is 0.0575 e. The second-order valence-electron chi connectivity index (χ2n) is 3.78. The first kappa shape index (κ1) is 7.56. The number of rotatable bonds is 1. The molecule has 0 radical (unpaired) electrons. The molecule has 2 aliphatic rings. The number of fused-ring (bicyclic) bond motifs is 1. The highest BCUT2D eigenvalue weighted by Crippen LogP contribution is 2.31. The average molecular weight is 155 g/mol. The highest BCUT2D eigenvalue weighted by molar-refractivity contribution is 4.89. The van der Waals surface area contributed by atoms with Gasteiger partial charge in [-0.3, -0.25) is 0 Å². The van der Waals surface area contributed by atoms with Crippen molar-refractivity contribution in [3.05, 3.63) is 0 Å². The molecule has 1 saturated heterocycles. The minimum Gasteiger partial charge on any atom is -0.381 e. The monoisotopic (exact) mass is 155 g/mol. The highest BCUT2D eigenvalue weighted by Gasteiger charge is 2.33. The Morgan fingerprint density at radius 3 is 3.00 bits per heavy atom. The molecule has 0 spiro atoms. The molecule has 0 aromatic carbocycles. The van der Waals surface area contributed by atoms with Crippen LogP contribution in [0.2, 0.25) is 0 Å². The summed E-state index contributed by atoms with van der Waals surface area (Å²) in [6.07, 6.45) is 5.78. The van der Waals surface area contributed by atoms with Crippen LogP contribution in [0.25, 0.3) is 0 Å². The Morgan fingerprint density at radius 2 is 2.18 bits per heavy atom. The predicted octanol–water partition coefficient (Wildman–Crippen LogP) is 1.16. The second kappa shape index (κ2) is 3.11. The van der Waals surface area contributed by atoms with E-state index in [4.69, 9.17) is 4.74 Å². The van der Waals surface area contributed by atoms with Crippen molar-refractivity contribution < 1.29 is 4.74 Å². The first-order valence-corrected chi connectivity index (χ1v) is 4.66. The molecule has 3 atom stereocenters. The Hall–Kier alpha value is -0.0800. The topological polar surface area (TPSA) is 21.3 Å². The van der Waals surface area contributed by atoms with Crippen molar-refractivity contribution in [2.24, 2.45) is 5.92 Å². The third-order valence-electron chi connectivity index (χ3n) is 3.19. The normalized spacial score (nSPS) is 43.9. The minimum absolute atomic E-state index is 0.552. The predicted molar refractivity (Wildman–Crippen MR) is 44.5 cm³/mol. The van der Waals surface area contributed by atoms with Crippen LogP contribution in [0.4, 0.5) is 0 Å². The number of methoxy groups -OCH3 is 1. The first-order valence-electron chi connectivity index (χ1n) is 4.66. The van der Waals surface area contributed by atoms with Crippen LogP contribution >= 0.6 is 0 Å². The van der Waals surface area contributed by atoms with Gasteiger partial charge in [0.2, 0.25) is 0 Å². The van der Waals surface area contributed by atoms with E-state index in [1.54, 1.807) is 0 Å². The van der Waals surface area contributed by atoms with Crippen molar-refractivity contribution in [2.75, 3.05) is 13.7 Å². The molecule has 0 bridgehead atoms. The van der Waals surface area contributed by atoms with Crippen LogP contribution in [0.5, 0.6) is 0 Å². The standard InChI is InChI=1S/C9H17NO/c1-11-8-2-3-9-7(6-8)4-5-10-9/h7-10H,2-6H2,1H3/t7-,8+,9-/m0/s1. The zero-order chi connectivity index (χ0) is 7.68.